The number of halogens is 2. The molecule has 0 spiro atoms. The van der Waals surface area contributed by atoms with Crippen LogP contribution >= 0.6 is 0 Å². The number of alkyl halides is 2. The van der Waals surface area contributed by atoms with E-state index in [-0.39, 0.29) is 18.5 Å². The lowest BCUT2D eigenvalue weighted by atomic mass is 9.67. The molecule has 1 saturated carbocycles. The van der Waals surface area contributed by atoms with Gasteiger partial charge in [0.1, 0.15) is 5.84 Å². The lowest BCUT2D eigenvalue weighted by molar-refractivity contribution is 0.130. The Hall–Kier alpha value is -1.80. The molecule has 6 nitrogen and oxygen atoms in total. The fourth-order valence-corrected chi connectivity index (χ4v) is 4.03. The number of nitrogens with zero attached hydrogens (tertiary/aromatic N) is 3. The van der Waals surface area contributed by atoms with Gasteiger partial charge in [-0.1, -0.05) is 6.42 Å². The van der Waals surface area contributed by atoms with Gasteiger partial charge in [-0.15, -0.1) is 0 Å². The molecule has 3 atom stereocenters. The van der Waals surface area contributed by atoms with Crippen LogP contribution in [-0.2, 0) is 7.05 Å². The number of aromatic nitrogens is 2. The third-order valence-corrected chi connectivity index (χ3v) is 5.29. The van der Waals surface area contributed by atoms with Gasteiger partial charge in [0.2, 0.25) is 0 Å². The highest BCUT2D eigenvalue weighted by atomic mass is 19.3. The van der Waals surface area contributed by atoms with E-state index in [1.807, 2.05) is 19.3 Å². The SMILES string of the molecule is Cn1ccc(C2=CN=C(N)CC2(N)C2CCCC(NCC(F)F)C2)n1. The van der Waals surface area contributed by atoms with Crippen molar-refractivity contribution >= 4 is 11.4 Å². The Labute approximate surface area is 146 Å². The third-order valence-electron chi connectivity index (χ3n) is 5.29. The molecule has 0 saturated heterocycles. The van der Waals surface area contributed by atoms with E-state index in [1.165, 1.54) is 0 Å². The molecule has 1 aromatic heterocycles. The maximum absolute atomic E-state index is 12.5. The number of nitrogens with one attached hydrogen (secondary N) is 1. The van der Waals surface area contributed by atoms with Crippen molar-refractivity contribution in [1.82, 2.24) is 15.1 Å². The van der Waals surface area contributed by atoms with E-state index < -0.39 is 12.0 Å². The average molecular weight is 352 g/mol. The maximum atomic E-state index is 12.5. The van der Waals surface area contributed by atoms with Gasteiger partial charge in [-0.3, -0.25) is 4.68 Å². The van der Waals surface area contributed by atoms with E-state index in [9.17, 15) is 8.78 Å². The first kappa shape index (κ1) is 18.0. The van der Waals surface area contributed by atoms with E-state index in [2.05, 4.69) is 15.4 Å². The number of hydrogen-bond donors (Lipinski definition) is 3. The molecule has 8 heteroatoms. The fraction of sp³-hybridized carbons (Fsp3) is 0.647. The van der Waals surface area contributed by atoms with Crippen LogP contribution in [-0.4, -0.2) is 40.2 Å². The summed E-state index contributed by atoms with van der Waals surface area (Å²) in [5.74, 6) is 0.642. The first-order valence-corrected chi connectivity index (χ1v) is 8.71. The minimum Gasteiger partial charge on any atom is -0.387 e. The number of rotatable bonds is 5. The molecule has 1 aliphatic carbocycles. The maximum Gasteiger partial charge on any atom is 0.250 e. The van der Waals surface area contributed by atoms with Gasteiger partial charge in [0.15, 0.2) is 0 Å². The van der Waals surface area contributed by atoms with Crippen molar-refractivity contribution in [2.45, 2.75) is 50.1 Å². The van der Waals surface area contributed by atoms with Crippen LogP contribution in [0.3, 0.4) is 0 Å². The highest BCUT2D eigenvalue weighted by molar-refractivity contribution is 5.90. The molecule has 5 N–H and O–H groups in total. The van der Waals surface area contributed by atoms with Gasteiger partial charge in [-0.05, 0) is 31.2 Å². The van der Waals surface area contributed by atoms with Gasteiger partial charge < -0.3 is 16.8 Å². The Bertz CT molecular complexity index is 668. The highest BCUT2D eigenvalue weighted by Crippen LogP contribution is 2.42. The third kappa shape index (κ3) is 3.90. The molecule has 2 heterocycles. The van der Waals surface area contributed by atoms with Gasteiger partial charge in [0, 0.05) is 37.5 Å². The summed E-state index contributed by atoms with van der Waals surface area (Å²) in [5.41, 5.74) is 13.9. The van der Waals surface area contributed by atoms with Crippen LogP contribution in [0.2, 0.25) is 0 Å². The smallest absolute Gasteiger partial charge is 0.250 e. The Morgan fingerprint density at radius 3 is 2.92 bits per heavy atom. The molecule has 1 fully saturated rings. The van der Waals surface area contributed by atoms with Crippen LogP contribution in [0.5, 0.6) is 0 Å². The van der Waals surface area contributed by atoms with E-state index in [1.54, 1.807) is 10.9 Å². The molecule has 3 rings (SSSR count). The molecular weight excluding hydrogens is 326 g/mol. The van der Waals surface area contributed by atoms with Crippen molar-refractivity contribution < 1.29 is 8.78 Å². The Morgan fingerprint density at radius 1 is 1.44 bits per heavy atom. The molecule has 3 unspecified atom stereocenters. The van der Waals surface area contributed by atoms with Gasteiger partial charge in [0.05, 0.1) is 17.8 Å². The van der Waals surface area contributed by atoms with Crippen LogP contribution < -0.4 is 16.8 Å². The van der Waals surface area contributed by atoms with Gasteiger partial charge in [-0.25, -0.2) is 13.8 Å². The fourth-order valence-electron chi connectivity index (χ4n) is 4.03. The second kappa shape index (κ2) is 7.21. The lowest BCUT2D eigenvalue weighted by Gasteiger charge is -2.44. The number of aliphatic imine (C=N–C) groups is 1. The van der Waals surface area contributed by atoms with Crippen LogP contribution in [0.1, 0.15) is 37.8 Å². The summed E-state index contributed by atoms with van der Waals surface area (Å²) < 4.78 is 26.8. The zero-order valence-electron chi connectivity index (χ0n) is 14.5. The van der Waals surface area contributed by atoms with E-state index >= 15 is 0 Å². The standard InChI is InChI=1S/C17H26F2N6/c1-25-6-5-14(24-25)13-9-23-16(20)8-17(13,21)11-3-2-4-12(7-11)22-10-15(18)19/h5-6,9,11-12,15,22H,2-4,7-8,10,21H2,1H3,(H2,20,23). The Balaban J connectivity index is 1.82. The molecular formula is C17H26F2N6. The first-order valence-electron chi connectivity index (χ1n) is 8.71. The Morgan fingerprint density at radius 2 is 2.24 bits per heavy atom. The monoisotopic (exact) mass is 352 g/mol. The molecule has 1 aliphatic heterocycles. The molecule has 2 aliphatic rings. The number of aryl methyl sites for hydroxylation is 1. The summed E-state index contributed by atoms with van der Waals surface area (Å²) in [6, 6.07) is 1.97. The molecule has 138 valence electrons. The van der Waals surface area contributed by atoms with Crippen LogP contribution in [0.25, 0.3) is 5.57 Å². The summed E-state index contributed by atoms with van der Waals surface area (Å²) in [5, 5.41) is 7.44. The van der Waals surface area contributed by atoms with Crippen LogP contribution in [0.4, 0.5) is 8.78 Å². The van der Waals surface area contributed by atoms with E-state index in [4.69, 9.17) is 11.5 Å². The lowest BCUT2D eigenvalue weighted by Crippen LogP contribution is -2.55. The van der Waals surface area contributed by atoms with Crippen molar-refractivity contribution in [3.05, 3.63) is 24.2 Å². The molecule has 0 amide bonds. The minimum absolute atomic E-state index is 0.0539. The Kier molecular flexibility index (Phi) is 5.19. The highest BCUT2D eigenvalue weighted by Gasteiger charge is 2.44. The largest absolute Gasteiger partial charge is 0.387 e. The van der Waals surface area contributed by atoms with E-state index in [0.29, 0.717) is 12.3 Å². The van der Waals surface area contributed by atoms with E-state index in [0.717, 1.165) is 37.0 Å². The van der Waals surface area contributed by atoms with Gasteiger partial charge in [0.25, 0.3) is 6.43 Å². The minimum atomic E-state index is -2.34. The number of amidine groups is 1. The normalized spacial score (nSPS) is 30.3. The van der Waals surface area contributed by atoms with Crippen molar-refractivity contribution in [3.63, 3.8) is 0 Å². The topological polar surface area (TPSA) is 94.2 Å². The first-order chi connectivity index (χ1) is 11.9. The molecule has 0 bridgehead atoms. The zero-order valence-corrected chi connectivity index (χ0v) is 14.5. The van der Waals surface area contributed by atoms with Crippen molar-refractivity contribution in [3.8, 4) is 0 Å². The van der Waals surface area contributed by atoms with Crippen molar-refractivity contribution in [1.29, 1.82) is 0 Å². The number of hydrogen-bond acceptors (Lipinski definition) is 5. The zero-order chi connectivity index (χ0) is 18.0. The molecule has 0 radical (unpaired) electrons. The quantitative estimate of drug-likeness (QED) is 0.751. The average Bonchev–Trinajstić information content (AvgIpc) is 2.99. The summed E-state index contributed by atoms with van der Waals surface area (Å²) >= 11 is 0. The molecule has 1 aromatic rings. The second-order valence-corrected chi connectivity index (χ2v) is 7.11. The van der Waals surface area contributed by atoms with Gasteiger partial charge >= 0.3 is 0 Å². The number of nitrogens with two attached hydrogens (primary N) is 2. The van der Waals surface area contributed by atoms with Crippen LogP contribution in [0, 0.1) is 5.92 Å². The van der Waals surface area contributed by atoms with Gasteiger partial charge in [-0.2, -0.15) is 5.10 Å². The summed E-state index contributed by atoms with van der Waals surface area (Å²) in [6.07, 6.45) is 5.25. The summed E-state index contributed by atoms with van der Waals surface area (Å²) in [6.45, 7) is -0.276. The predicted molar refractivity (Wildman–Crippen MR) is 94.1 cm³/mol. The van der Waals surface area contributed by atoms with Crippen molar-refractivity contribution in [2.75, 3.05) is 6.54 Å². The predicted octanol–water partition coefficient (Wildman–Crippen LogP) is 1.63. The summed E-state index contributed by atoms with van der Waals surface area (Å²) in [4.78, 5) is 4.25. The molecule has 0 aromatic carbocycles. The van der Waals surface area contributed by atoms with Crippen LogP contribution in [0.15, 0.2) is 23.5 Å². The van der Waals surface area contributed by atoms with Crippen molar-refractivity contribution in [2.24, 2.45) is 29.4 Å². The second-order valence-electron chi connectivity index (χ2n) is 7.11. The summed E-state index contributed by atoms with van der Waals surface area (Å²) in [7, 11) is 1.85. The molecule has 25 heavy (non-hydrogen) atoms.